The molecule has 2 aromatic rings. The number of β-lactam (4-membered cyclic amide) rings is 1. The molecule has 4 saturated heterocycles. The van der Waals surface area contributed by atoms with E-state index >= 15 is 0 Å². The van der Waals surface area contributed by atoms with Crippen LogP contribution in [0.25, 0.3) is 16.7 Å². The quantitative estimate of drug-likeness (QED) is 0.321. The number of aliphatic hydroxyl groups excluding tert-OH is 1. The number of fused-ring (bicyclic) bond motifs is 7. The lowest BCUT2D eigenvalue weighted by molar-refractivity contribution is -1.08. The molecule has 2 N–H and O–H groups in total. The number of aliphatic hydroxyl groups is 1. The number of likely N-dealkylation sites (N-methyl/N-ethyl adjacent to an activating group) is 1. The van der Waals surface area contributed by atoms with Gasteiger partial charge in [-0.15, -0.1) is 0 Å². The SMILES string of the molecule is C[C@@H](O)[C@H]1C(=O)N2C(C(=O)O)=C(c3ccc4c(c3)C(=O)c3ccc(C[N+]56CC[N+](CC(=O)N(C)C)(CC5)CC6)cc3-4)C[C@H]12. The molecule has 8 rings (SSSR count). The highest BCUT2D eigenvalue weighted by Gasteiger charge is 2.57. The fourth-order valence-corrected chi connectivity index (χ4v) is 8.17. The maximum Gasteiger partial charge on any atom is 0.352 e. The Morgan fingerprint density at radius 2 is 1.58 bits per heavy atom. The van der Waals surface area contributed by atoms with Crippen LogP contribution in [0.1, 0.15) is 40.4 Å². The zero-order chi connectivity index (χ0) is 30.4. The molecule has 2 aromatic carbocycles. The third-order valence-electron chi connectivity index (χ3n) is 10.8. The van der Waals surface area contributed by atoms with Crippen molar-refractivity contribution in [2.45, 2.75) is 32.0 Å². The minimum atomic E-state index is -1.18. The van der Waals surface area contributed by atoms with Crippen molar-refractivity contribution in [1.82, 2.24) is 9.80 Å². The predicted octanol–water partition coefficient (Wildman–Crippen LogP) is 1.55. The van der Waals surface area contributed by atoms with Gasteiger partial charge in [-0.05, 0) is 53.8 Å². The normalized spacial score (nSPS) is 29.3. The van der Waals surface area contributed by atoms with Gasteiger partial charge in [0.25, 0.3) is 5.91 Å². The van der Waals surface area contributed by atoms with Crippen molar-refractivity contribution in [2.24, 2.45) is 5.92 Å². The number of amides is 2. The summed E-state index contributed by atoms with van der Waals surface area (Å²) in [5.41, 5.74) is 5.23. The molecule has 4 fully saturated rings. The first kappa shape index (κ1) is 27.9. The van der Waals surface area contributed by atoms with Gasteiger partial charge in [0.1, 0.15) is 51.5 Å². The first-order valence-corrected chi connectivity index (χ1v) is 15.1. The van der Waals surface area contributed by atoms with Crippen LogP contribution in [0.15, 0.2) is 42.1 Å². The van der Waals surface area contributed by atoms with E-state index in [0.717, 1.165) is 65.9 Å². The maximum atomic E-state index is 13.5. The van der Waals surface area contributed by atoms with E-state index in [2.05, 4.69) is 12.1 Å². The first-order chi connectivity index (χ1) is 20.4. The van der Waals surface area contributed by atoms with Gasteiger partial charge in [-0.2, -0.15) is 0 Å². The Hall–Kier alpha value is -3.86. The Bertz CT molecular complexity index is 1620. The fourth-order valence-electron chi connectivity index (χ4n) is 8.17. The smallest absolute Gasteiger partial charge is 0.352 e. The number of carboxylic acid groups (broad SMARTS) is 1. The summed E-state index contributed by atoms with van der Waals surface area (Å²) in [6, 6.07) is 11.3. The minimum Gasteiger partial charge on any atom is -0.477 e. The second-order valence-electron chi connectivity index (χ2n) is 13.5. The summed E-state index contributed by atoms with van der Waals surface area (Å²) in [6.07, 6.45) is -0.529. The van der Waals surface area contributed by atoms with Crippen molar-refractivity contribution >= 4 is 29.1 Å². The number of quaternary nitrogens is 2. The molecule has 2 bridgehead atoms. The van der Waals surface area contributed by atoms with Crippen LogP contribution in [0.4, 0.5) is 0 Å². The highest BCUT2D eigenvalue weighted by atomic mass is 16.4. The van der Waals surface area contributed by atoms with Crippen molar-refractivity contribution in [1.29, 1.82) is 0 Å². The van der Waals surface area contributed by atoms with Crippen molar-refractivity contribution in [3.8, 4) is 11.1 Å². The van der Waals surface area contributed by atoms with Gasteiger partial charge in [-0.3, -0.25) is 14.4 Å². The summed E-state index contributed by atoms with van der Waals surface area (Å²) >= 11 is 0. The number of hydrogen-bond acceptors (Lipinski definition) is 5. The highest BCUT2D eigenvalue weighted by molar-refractivity contribution is 6.22. The average Bonchev–Trinajstić information content (AvgIpc) is 3.46. The second-order valence-corrected chi connectivity index (χ2v) is 13.5. The molecule has 0 radical (unpaired) electrons. The van der Waals surface area contributed by atoms with Crippen LogP contribution in [0.5, 0.6) is 0 Å². The van der Waals surface area contributed by atoms with Crippen molar-refractivity contribution in [3.63, 3.8) is 0 Å². The van der Waals surface area contributed by atoms with E-state index in [1.807, 2.05) is 32.3 Å². The number of hydrogen-bond donors (Lipinski definition) is 2. The first-order valence-electron chi connectivity index (χ1n) is 15.1. The topological polar surface area (TPSA) is 115 Å². The molecular formula is C33H38N4O6+2. The van der Waals surface area contributed by atoms with E-state index in [1.165, 1.54) is 10.5 Å². The maximum absolute atomic E-state index is 13.5. The molecule has 10 heteroatoms. The van der Waals surface area contributed by atoms with E-state index < -0.39 is 18.0 Å². The van der Waals surface area contributed by atoms with E-state index in [-0.39, 0.29) is 29.3 Å². The number of piperazine rings is 3. The molecule has 0 saturated carbocycles. The van der Waals surface area contributed by atoms with Gasteiger partial charge in [-0.1, -0.05) is 18.2 Å². The summed E-state index contributed by atoms with van der Waals surface area (Å²) in [6.45, 7) is 9.14. The van der Waals surface area contributed by atoms with Gasteiger partial charge in [0.05, 0.1) is 18.1 Å². The van der Waals surface area contributed by atoms with Crippen LogP contribution in [0, 0.1) is 5.92 Å². The van der Waals surface area contributed by atoms with Crippen LogP contribution >= 0.6 is 0 Å². The van der Waals surface area contributed by atoms with Crippen molar-refractivity contribution in [3.05, 3.63) is 64.3 Å². The van der Waals surface area contributed by atoms with Crippen LogP contribution < -0.4 is 0 Å². The molecule has 1 aliphatic carbocycles. The van der Waals surface area contributed by atoms with Gasteiger partial charge in [0.15, 0.2) is 12.3 Å². The molecule has 0 unspecified atom stereocenters. The van der Waals surface area contributed by atoms with Crippen LogP contribution in [0.3, 0.4) is 0 Å². The zero-order valence-electron chi connectivity index (χ0n) is 24.9. The lowest BCUT2D eigenvalue weighted by Gasteiger charge is -2.55. The highest BCUT2D eigenvalue weighted by Crippen LogP contribution is 2.48. The Labute approximate surface area is 250 Å². The van der Waals surface area contributed by atoms with Gasteiger partial charge < -0.3 is 29.0 Å². The standard InChI is InChI=1S/C33H37N4O6/c1-19(38)29-27-16-24(30(33(42)43)35(27)32(29)41)21-5-7-22-25-14-20(4-6-23(25)31(40)26(22)15-21)17-36-8-11-37(12-9-36,13-10-36)18-28(39)34(2)3/h4-7,14-15,19,27,29,38H,8-13,16-18H2,1-3H3/q+1/p+1/t19-,27-,29-,36?,37?/m1/s1. The van der Waals surface area contributed by atoms with E-state index in [0.29, 0.717) is 35.2 Å². The monoisotopic (exact) mass is 586 g/mol. The molecule has 5 aliphatic heterocycles. The van der Waals surface area contributed by atoms with E-state index in [1.54, 1.807) is 17.9 Å². The minimum absolute atomic E-state index is 0.0530. The molecule has 224 valence electrons. The zero-order valence-corrected chi connectivity index (χ0v) is 24.9. The number of carbonyl (C=O) groups is 4. The summed E-state index contributed by atoms with van der Waals surface area (Å²) in [5, 5.41) is 20.1. The number of nitrogens with zero attached hydrogens (tertiary/aromatic N) is 4. The molecule has 6 aliphatic rings. The Balaban J connectivity index is 1.13. The lowest BCUT2D eigenvalue weighted by Crippen LogP contribution is -2.75. The van der Waals surface area contributed by atoms with Crippen LogP contribution in [-0.4, -0.2) is 125 Å². The molecule has 3 atom stereocenters. The van der Waals surface area contributed by atoms with E-state index in [4.69, 9.17) is 0 Å². The van der Waals surface area contributed by atoms with E-state index in [9.17, 15) is 29.4 Å². The summed E-state index contributed by atoms with van der Waals surface area (Å²) < 4.78 is 1.89. The van der Waals surface area contributed by atoms with Crippen molar-refractivity contribution < 1.29 is 38.4 Å². The lowest BCUT2D eigenvalue weighted by atomic mass is 9.82. The van der Waals surface area contributed by atoms with Crippen LogP contribution in [-0.2, 0) is 20.9 Å². The third-order valence-corrected chi connectivity index (χ3v) is 10.8. The molecule has 0 aromatic heterocycles. The number of rotatable bonds is 7. The number of carbonyl (C=O) groups excluding carboxylic acids is 3. The Morgan fingerprint density at radius 3 is 2.21 bits per heavy atom. The summed E-state index contributed by atoms with van der Waals surface area (Å²) in [5.74, 6) is -2.06. The van der Waals surface area contributed by atoms with Gasteiger partial charge >= 0.3 is 5.97 Å². The summed E-state index contributed by atoms with van der Waals surface area (Å²) in [4.78, 5) is 53.9. The van der Waals surface area contributed by atoms with Gasteiger partial charge in [0.2, 0.25) is 5.91 Å². The molecule has 5 heterocycles. The van der Waals surface area contributed by atoms with Gasteiger partial charge in [0, 0.05) is 30.8 Å². The fraction of sp³-hybridized carbons (Fsp3) is 0.455. The Kier molecular flexibility index (Phi) is 6.22. The molecule has 43 heavy (non-hydrogen) atoms. The predicted molar refractivity (Wildman–Crippen MR) is 157 cm³/mol. The molecule has 0 spiro atoms. The second kappa shape index (κ2) is 9.57. The number of aliphatic carboxylic acids is 1. The summed E-state index contributed by atoms with van der Waals surface area (Å²) in [7, 11) is 3.65. The number of benzene rings is 2. The largest absolute Gasteiger partial charge is 0.477 e. The van der Waals surface area contributed by atoms with Gasteiger partial charge in [-0.25, -0.2) is 4.79 Å². The molecule has 2 amide bonds. The molecular weight excluding hydrogens is 548 g/mol. The number of carboxylic acids is 1. The third kappa shape index (κ3) is 4.18. The van der Waals surface area contributed by atoms with Crippen LogP contribution in [0.2, 0.25) is 0 Å². The van der Waals surface area contributed by atoms with Crippen molar-refractivity contribution in [2.75, 3.05) is 59.9 Å². The molecule has 10 nitrogen and oxygen atoms in total. The Morgan fingerprint density at radius 1 is 0.930 bits per heavy atom. The number of ketones is 1. The average molecular weight is 587 g/mol.